The maximum absolute atomic E-state index is 14.2. The quantitative estimate of drug-likeness (QED) is 0.438. The van der Waals surface area contributed by atoms with Gasteiger partial charge in [-0.15, -0.1) is 0 Å². The van der Waals surface area contributed by atoms with Crippen LogP contribution in [0.1, 0.15) is 50.7 Å². The Kier molecular flexibility index (Phi) is 4.12. The summed E-state index contributed by atoms with van der Waals surface area (Å²) in [5.74, 6) is -6.57. The van der Waals surface area contributed by atoms with Crippen LogP contribution in [0.4, 0.5) is 17.6 Å². The zero-order valence-electron chi connectivity index (χ0n) is 12.3. The van der Waals surface area contributed by atoms with Gasteiger partial charge in [0.05, 0.1) is 0 Å². The summed E-state index contributed by atoms with van der Waals surface area (Å²) >= 11 is 0. The van der Waals surface area contributed by atoms with E-state index in [4.69, 9.17) is 0 Å². The number of halogens is 4. The predicted octanol–water partition coefficient (Wildman–Crippen LogP) is 5.48. The van der Waals surface area contributed by atoms with Crippen LogP contribution < -0.4 is 0 Å². The largest absolute Gasteiger partial charge is 0.361 e. The highest BCUT2D eigenvalue weighted by Gasteiger charge is 2.28. The molecule has 0 unspecified atom stereocenters. The molecule has 2 aromatic rings. The molecule has 5 heteroatoms. The lowest BCUT2D eigenvalue weighted by Crippen LogP contribution is -2.07. The number of aromatic nitrogens is 1. The fraction of sp³-hybridized carbons (Fsp3) is 0.375. The molecule has 1 aromatic carbocycles. The van der Waals surface area contributed by atoms with Crippen LogP contribution in [0.3, 0.4) is 0 Å². The normalized spacial score (nSPS) is 11.7. The van der Waals surface area contributed by atoms with E-state index in [2.05, 4.69) is 4.98 Å². The smallest absolute Gasteiger partial charge is 0.198 e. The minimum atomic E-state index is -1.78. The van der Waals surface area contributed by atoms with Crippen molar-refractivity contribution >= 4 is 0 Å². The maximum atomic E-state index is 14.2. The summed E-state index contributed by atoms with van der Waals surface area (Å²) in [6, 6.07) is 1.63. The molecule has 0 atom stereocenters. The van der Waals surface area contributed by atoms with Crippen LogP contribution in [0, 0.1) is 23.3 Å². The highest BCUT2D eigenvalue weighted by atomic mass is 19.2. The molecular formula is C16H17F4N. The van der Waals surface area contributed by atoms with Gasteiger partial charge in [0.2, 0.25) is 0 Å². The summed E-state index contributed by atoms with van der Waals surface area (Å²) < 4.78 is 55.2. The molecule has 0 saturated heterocycles. The summed E-state index contributed by atoms with van der Waals surface area (Å²) in [5.41, 5.74) is 0.721. The van der Waals surface area contributed by atoms with Crippen molar-refractivity contribution in [1.29, 1.82) is 0 Å². The molecule has 0 amide bonds. The number of H-pyrrole nitrogens is 1. The van der Waals surface area contributed by atoms with Crippen LogP contribution in [-0.4, -0.2) is 4.98 Å². The second-order valence-electron chi connectivity index (χ2n) is 5.70. The molecular weight excluding hydrogens is 282 g/mol. The zero-order valence-corrected chi connectivity index (χ0v) is 12.3. The van der Waals surface area contributed by atoms with Crippen LogP contribution >= 0.6 is 0 Å². The zero-order chi connectivity index (χ0) is 15.9. The molecule has 0 bridgehead atoms. The minimum absolute atomic E-state index is 0.163. The Labute approximate surface area is 121 Å². The van der Waals surface area contributed by atoms with Crippen molar-refractivity contribution in [3.8, 4) is 11.3 Å². The van der Waals surface area contributed by atoms with Gasteiger partial charge in [0.15, 0.2) is 23.3 Å². The second kappa shape index (κ2) is 5.54. The minimum Gasteiger partial charge on any atom is -0.361 e. The number of benzene rings is 1. The molecule has 0 aliphatic rings. The Morgan fingerprint density at radius 3 is 1.86 bits per heavy atom. The van der Waals surface area contributed by atoms with Crippen molar-refractivity contribution in [1.82, 2.24) is 4.98 Å². The van der Waals surface area contributed by atoms with E-state index >= 15 is 0 Å². The molecule has 0 saturated carbocycles. The highest BCUT2D eigenvalue weighted by molar-refractivity contribution is 5.67. The first-order chi connectivity index (χ1) is 9.75. The lowest BCUT2D eigenvalue weighted by atomic mass is 9.93. The van der Waals surface area contributed by atoms with Gasteiger partial charge in [-0.2, -0.15) is 0 Å². The van der Waals surface area contributed by atoms with Crippen molar-refractivity contribution in [3.05, 3.63) is 46.7 Å². The topological polar surface area (TPSA) is 15.8 Å². The van der Waals surface area contributed by atoms with Gasteiger partial charge in [0, 0.05) is 23.0 Å². The van der Waals surface area contributed by atoms with Gasteiger partial charge in [-0.05, 0) is 23.5 Å². The molecule has 2 rings (SSSR count). The second-order valence-corrected chi connectivity index (χ2v) is 5.70. The average molecular weight is 299 g/mol. The predicted molar refractivity (Wildman–Crippen MR) is 74.2 cm³/mol. The van der Waals surface area contributed by atoms with Gasteiger partial charge >= 0.3 is 0 Å². The summed E-state index contributed by atoms with van der Waals surface area (Å²) in [7, 11) is 0. The monoisotopic (exact) mass is 299 g/mol. The first kappa shape index (κ1) is 15.6. The third-order valence-electron chi connectivity index (χ3n) is 3.52. The van der Waals surface area contributed by atoms with Crippen molar-refractivity contribution in [2.45, 2.75) is 39.5 Å². The number of rotatable bonds is 3. The molecule has 1 nitrogen and oxygen atoms in total. The summed E-state index contributed by atoms with van der Waals surface area (Å²) in [6.07, 6.45) is 1.66. The van der Waals surface area contributed by atoms with Crippen molar-refractivity contribution in [3.63, 3.8) is 0 Å². The van der Waals surface area contributed by atoms with E-state index in [9.17, 15) is 17.6 Å². The van der Waals surface area contributed by atoms with Gasteiger partial charge in [0.25, 0.3) is 0 Å². The lowest BCUT2D eigenvalue weighted by Gasteiger charge is -2.15. The Balaban J connectivity index is 2.77. The maximum Gasteiger partial charge on any atom is 0.198 e. The Morgan fingerprint density at radius 1 is 0.810 bits per heavy atom. The van der Waals surface area contributed by atoms with Gasteiger partial charge in [-0.25, -0.2) is 17.6 Å². The Bertz CT molecular complexity index is 671. The molecule has 0 aliphatic heterocycles. The summed E-state index contributed by atoms with van der Waals surface area (Å²) in [5, 5.41) is 0. The van der Waals surface area contributed by atoms with E-state index in [1.54, 1.807) is 26.1 Å². The van der Waals surface area contributed by atoms with E-state index in [1.165, 1.54) is 0 Å². The third kappa shape index (κ3) is 2.57. The fourth-order valence-electron chi connectivity index (χ4n) is 2.34. The van der Waals surface area contributed by atoms with Gasteiger partial charge in [-0.1, -0.05) is 27.7 Å². The molecule has 114 valence electrons. The summed E-state index contributed by atoms with van der Waals surface area (Å²) in [6.45, 7) is 7.09. The molecule has 0 aliphatic carbocycles. The van der Waals surface area contributed by atoms with Gasteiger partial charge in [-0.3, -0.25) is 0 Å². The highest BCUT2D eigenvalue weighted by Crippen LogP contribution is 2.37. The van der Waals surface area contributed by atoms with E-state index in [1.807, 2.05) is 13.8 Å². The van der Waals surface area contributed by atoms with E-state index < -0.39 is 29.2 Å². The van der Waals surface area contributed by atoms with Crippen LogP contribution in [0.25, 0.3) is 11.3 Å². The van der Waals surface area contributed by atoms with E-state index in [0.717, 1.165) is 5.56 Å². The molecule has 0 radical (unpaired) electrons. The van der Waals surface area contributed by atoms with Crippen molar-refractivity contribution < 1.29 is 17.6 Å². The summed E-state index contributed by atoms with van der Waals surface area (Å²) in [4.78, 5) is 2.82. The third-order valence-corrected chi connectivity index (χ3v) is 3.52. The van der Waals surface area contributed by atoms with Gasteiger partial charge < -0.3 is 4.98 Å². The number of nitrogens with one attached hydrogen (secondary N) is 1. The first-order valence-electron chi connectivity index (χ1n) is 6.80. The standard InChI is InChI=1S/C16H17F4N/c1-7(2)9-5-10(21-6-9)12-11(8(3)4)13(17)15(19)16(20)14(12)18/h5-8,21H,1-4H3. The van der Waals surface area contributed by atoms with E-state index in [0.29, 0.717) is 0 Å². The molecule has 0 spiro atoms. The van der Waals surface area contributed by atoms with Crippen LogP contribution in [0.15, 0.2) is 12.3 Å². The van der Waals surface area contributed by atoms with Crippen molar-refractivity contribution in [2.75, 3.05) is 0 Å². The lowest BCUT2D eigenvalue weighted by molar-refractivity contribution is 0.403. The van der Waals surface area contributed by atoms with E-state index in [-0.39, 0.29) is 22.7 Å². The molecule has 1 heterocycles. The number of hydrogen-bond acceptors (Lipinski definition) is 0. The first-order valence-corrected chi connectivity index (χ1v) is 6.80. The molecule has 1 N–H and O–H groups in total. The van der Waals surface area contributed by atoms with Crippen LogP contribution in [0.2, 0.25) is 0 Å². The molecule has 1 aromatic heterocycles. The van der Waals surface area contributed by atoms with Crippen molar-refractivity contribution in [2.24, 2.45) is 0 Å². The van der Waals surface area contributed by atoms with Crippen LogP contribution in [0.5, 0.6) is 0 Å². The average Bonchev–Trinajstić information content (AvgIpc) is 2.89. The fourth-order valence-corrected chi connectivity index (χ4v) is 2.34. The van der Waals surface area contributed by atoms with Crippen LogP contribution in [-0.2, 0) is 0 Å². The Hall–Kier alpha value is -1.78. The van der Waals surface area contributed by atoms with Gasteiger partial charge in [0.1, 0.15) is 0 Å². The molecule has 21 heavy (non-hydrogen) atoms. The molecule has 0 fully saturated rings. The number of hydrogen-bond donors (Lipinski definition) is 1. The number of aromatic amines is 1. The SMILES string of the molecule is CC(C)c1c[nH]c(-c2c(F)c(F)c(F)c(F)c2C(C)C)c1. The Morgan fingerprint density at radius 2 is 1.38 bits per heavy atom.